The SMILES string of the molecule is Cn1cc(-c2cnc(N3CCN(C(=O)c4ccc(-c5nc6c(C(N)=O)cccc6[nH]5)cc4)CC3)nc2)cn1. The van der Waals surface area contributed by atoms with Crippen molar-refractivity contribution in [2.45, 2.75) is 0 Å². The van der Waals surface area contributed by atoms with Crippen LogP contribution in [-0.4, -0.2) is 72.6 Å². The number of H-pyrrole nitrogens is 1. The molecule has 4 heterocycles. The van der Waals surface area contributed by atoms with E-state index in [1.165, 1.54) is 0 Å². The fourth-order valence-corrected chi connectivity index (χ4v) is 4.63. The Bertz CT molecular complexity index is 1630. The quantitative estimate of drug-likeness (QED) is 0.373. The van der Waals surface area contributed by atoms with Crippen LogP contribution in [0.1, 0.15) is 20.7 Å². The maximum atomic E-state index is 13.1. The van der Waals surface area contributed by atoms with Crippen molar-refractivity contribution >= 4 is 28.8 Å². The zero-order chi connectivity index (χ0) is 26.2. The van der Waals surface area contributed by atoms with Crippen molar-refractivity contribution in [3.63, 3.8) is 0 Å². The molecular weight excluding hydrogens is 482 g/mol. The molecule has 2 aromatic carbocycles. The third-order valence-corrected chi connectivity index (χ3v) is 6.71. The molecule has 6 rings (SSSR count). The van der Waals surface area contributed by atoms with Crippen molar-refractivity contribution in [1.29, 1.82) is 0 Å². The number of fused-ring (bicyclic) bond motifs is 1. The first kappa shape index (κ1) is 23.3. The standard InChI is InChI=1S/C27H25N9O2/c1-34-16-20(15-31-34)19-13-29-27(30-14-19)36-11-9-35(10-12-36)26(38)18-7-5-17(6-8-18)25-32-22-4-2-3-21(24(28)37)23(22)33-25/h2-8,13-16H,9-12H2,1H3,(H2,28,37)(H,32,33). The van der Waals surface area contributed by atoms with Gasteiger partial charge in [0.15, 0.2) is 0 Å². The Hall–Kier alpha value is -5.06. The minimum absolute atomic E-state index is 0.0235. The second kappa shape index (κ2) is 9.43. The van der Waals surface area contributed by atoms with Crippen LogP contribution in [-0.2, 0) is 7.05 Å². The van der Waals surface area contributed by atoms with E-state index < -0.39 is 5.91 Å². The molecule has 0 bridgehead atoms. The van der Waals surface area contributed by atoms with Crippen LogP contribution < -0.4 is 10.6 Å². The number of carbonyl (C=O) groups is 2. The molecule has 0 unspecified atom stereocenters. The topological polar surface area (TPSA) is 139 Å². The Morgan fingerprint density at radius 2 is 1.63 bits per heavy atom. The van der Waals surface area contributed by atoms with Gasteiger partial charge in [-0.15, -0.1) is 0 Å². The zero-order valence-corrected chi connectivity index (χ0v) is 20.7. The minimum Gasteiger partial charge on any atom is -0.366 e. The number of nitrogens with zero attached hydrogens (tertiary/aromatic N) is 7. The van der Waals surface area contributed by atoms with E-state index in [2.05, 4.69) is 29.9 Å². The molecule has 190 valence electrons. The van der Waals surface area contributed by atoms with Crippen LogP contribution in [0.3, 0.4) is 0 Å². The molecule has 11 nitrogen and oxygen atoms in total. The summed E-state index contributed by atoms with van der Waals surface area (Å²) in [6.45, 7) is 2.45. The Labute approximate surface area is 217 Å². The molecule has 1 fully saturated rings. The molecule has 0 spiro atoms. The fourth-order valence-electron chi connectivity index (χ4n) is 4.63. The number of aromatic nitrogens is 6. The van der Waals surface area contributed by atoms with Crippen LogP contribution in [0.15, 0.2) is 67.3 Å². The van der Waals surface area contributed by atoms with Crippen LogP contribution in [0, 0.1) is 0 Å². The first-order chi connectivity index (χ1) is 18.5. The molecule has 1 aliphatic heterocycles. The van der Waals surface area contributed by atoms with Crippen molar-refractivity contribution in [3.8, 4) is 22.5 Å². The van der Waals surface area contributed by atoms with Gasteiger partial charge in [-0.3, -0.25) is 14.3 Å². The third kappa shape index (κ3) is 4.34. The van der Waals surface area contributed by atoms with E-state index in [0.29, 0.717) is 54.6 Å². The van der Waals surface area contributed by atoms with Crippen LogP contribution in [0.4, 0.5) is 5.95 Å². The number of benzene rings is 2. The number of amides is 2. The lowest BCUT2D eigenvalue weighted by Crippen LogP contribution is -2.49. The summed E-state index contributed by atoms with van der Waals surface area (Å²) in [5, 5.41) is 4.19. The molecule has 3 N–H and O–H groups in total. The molecule has 0 radical (unpaired) electrons. The Morgan fingerprint density at radius 1 is 0.895 bits per heavy atom. The normalized spacial score (nSPS) is 13.7. The average Bonchev–Trinajstić information content (AvgIpc) is 3.59. The van der Waals surface area contributed by atoms with Crippen molar-refractivity contribution in [2.24, 2.45) is 12.8 Å². The van der Waals surface area contributed by atoms with Gasteiger partial charge in [-0.05, 0) is 24.3 Å². The number of primary amides is 1. The van der Waals surface area contributed by atoms with E-state index in [0.717, 1.165) is 22.2 Å². The summed E-state index contributed by atoms with van der Waals surface area (Å²) in [6, 6.07) is 12.6. The molecule has 11 heteroatoms. The van der Waals surface area contributed by atoms with Crippen LogP contribution >= 0.6 is 0 Å². The van der Waals surface area contributed by atoms with E-state index in [1.54, 1.807) is 47.5 Å². The Balaban J connectivity index is 1.10. The smallest absolute Gasteiger partial charge is 0.253 e. The van der Waals surface area contributed by atoms with Gasteiger partial charge in [-0.1, -0.05) is 18.2 Å². The number of nitrogens with one attached hydrogen (secondary N) is 1. The summed E-state index contributed by atoms with van der Waals surface area (Å²) in [5.74, 6) is 0.711. The number of nitrogens with two attached hydrogens (primary N) is 1. The second-order valence-corrected chi connectivity index (χ2v) is 9.18. The van der Waals surface area contributed by atoms with E-state index >= 15 is 0 Å². The van der Waals surface area contributed by atoms with Crippen LogP contribution in [0.2, 0.25) is 0 Å². The summed E-state index contributed by atoms with van der Waals surface area (Å²) in [6.07, 6.45) is 7.31. The molecule has 1 aliphatic rings. The number of anilines is 1. The number of aryl methyl sites for hydroxylation is 1. The predicted molar refractivity (Wildman–Crippen MR) is 142 cm³/mol. The summed E-state index contributed by atoms with van der Waals surface area (Å²) in [4.78, 5) is 45.6. The number of hydrogen-bond donors (Lipinski definition) is 2. The van der Waals surface area contributed by atoms with Gasteiger partial charge in [0, 0.05) is 74.1 Å². The number of para-hydroxylation sites is 1. The maximum Gasteiger partial charge on any atom is 0.253 e. The maximum absolute atomic E-state index is 13.1. The molecule has 0 atom stereocenters. The van der Waals surface area contributed by atoms with Gasteiger partial charge in [-0.25, -0.2) is 15.0 Å². The first-order valence-corrected chi connectivity index (χ1v) is 12.2. The minimum atomic E-state index is -0.525. The van der Waals surface area contributed by atoms with Gasteiger partial charge in [0.2, 0.25) is 5.95 Å². The molecule has 0 saturated carbocycles. The number of carbonyl (C=O) groups excluding carboxylic acids is 2. The lowest BCUT2D eigenvalue weighted by Gasteiger charge is -2.34. The van der Waals surface area contributed by atoms with Crippen LogP contribution in [0.5, 0.6) is 0 Å². The average molecular weight is 508 g/mol. The highest BCUT2D eigenvalue weighted by Gasteiger charge is 2.24. The molecule has 38 heavy (non-hydrogen) atoms. The predicted octanol–water partition coefficient (Wildman–Crippen LogP) is 2.48. The number of imidazole rings is 1. The highest BCUT2D eigenvalue weighted by atomic mass is 16.2. The highest BCUT2D eigenvalue weighted by Crippen LogP contribution is 2.24. The van der Waals surface area contributed by atoms with Crippen molar-refractivity contribution in [2.75, 3.05) is 31.1 Å². The number of rotatable bonds is 5. The van der Waals surface area contributed by atoms with E-state index in [-0.39, 0.29) is 5.91 Å². The van der Waals surface area contributed by atoms with Gasteiger partial charge in [0.25, 0.3) is 11.8 Å². The zero-order valence-electron chi connectivity index (χ0n) is 20.7. The van der Waals surface area contributed by atoms with Crippen LogP contribution in [0.25, 0.3) is 33.5 Å². The summed E-state index contributed by atoms with van der Waals surface area (Å²) >= 11 is 0. The Kier molecular flexibility index (Phi) is 5.79. The molecule has 1 saturated heterocycles. The van der Waals surface area contributed by atoms with Crippen molar-refractivity contribution in [3.05, 3.63) is 78.4 Å². The number of hydrogen-bond acceptors (Lipinski definition) is 7. The summed E-state index contributed by atoms with van der Waals surface area (Å²) in [5.41, 5.74) is 10.4. The van der Waals surface area contributed by atoms with E-state index in [4.69, 9.17) is 5.73 Å². The van der Waals surface area contributed by atoms with Gasteiger partial charge in [0.05, 0.1) is 17.3 Å². The third-order valence-electron chi connectivity index (χ3n) is 6.71. The Morgan fingerprint density at radius 3 is 2.29 bits per heavy atom. The van der Waals surface area contributed by atoms with E-state index in [9.17, 15) is 9.59 Å². The van der Waals surface area contributed by atoms with Gasteiger partial charge in [-0.2, -0.15) is 5.10 Å². The lowest BCUT2D eigenvalue weighted by atomic mass is 10.1. The molecule has 2 amide bonds. The monoisotopic (exact) mass is 507 g/mol. The summed E-state index contributed by atoms with van der Waals surface area (Å²) in [7, 11) is 1.87. The van der Waals surface area contributed by atoms with Crippen molar-refractivity contribution in [1.82, 2.24) is 34.6 Å². The number of aromatic amines is 1. The molecule has 0 aliphatic carbocycles. The molecule has 3 aromatic heterocycles. The first-order valence-electron chi connectivity index (χ1n) is 12.2. The second-order valence-electron chi connectivity index (χ2n) is 9.18. The van der Waals surface area contributed by atoms with Gasteiger partial charge in [0.1, 0.15) is 11.3 Å². The summed E-state index contributed by atoms with van der Waals surface area (Å²) < 4.78 is 1.74. The van der Waals surface area contributed by atoms with Crippen molar-refractivity contribution < 1.29 is 9.59 Å². The number of piperazine rings is 1. The van der Waals surface area contributed by atoms with Gasteiger partial charge < -0.3 is 20.5 Å². The largest absolute Gasteiger partial charge is 0.366 e. The fraction of sp³-hybridized carbons (Fsp3) is 0.185. The molecule has 5 aromatic rings. The highest BCUT2D eigenvalue weighted by molar-refractivity contribution is 6.04. The molecular formula is C27H25N9O2. The lowest BCUT2D eigenvalue weighted by molar-refractivity contribution is 0.0746. The van der Waals surface area contributed by atoms with Gasteiger partial charge >= 0.3 is 0 Å². The van der Waals surface area contributed by atoms with E-state index in [1.807, 2.05) is 36.3 Å².